The maximum absolute atomic E-state index is 13.5. The number of thiophene rings is 2. The third-order valence-corrected chi connectivity index (χ3v) is 12.0. The van der Waals surface area contributed by atoms with Gasteiger partial charge in [-0.25, -0.2) is 9.97 Å². The lowest BCUT2D eigenvalue weighted by molar-refractivity contribution is -0.121. The van der Waals surface area contributed by atoms with Gasteiger partial charge in [-0.15, -0.1) is 22.7 Å². The Balaban J connectivity index is 1.07. The third kappa shape index (κ3) is 6.81. The Morgan fingerprint density at radius 1 is 0.604 bits per heavy atom. The molecular formula is C35H32N6O3S4. The van der Waals surface area contributed by atoms with Gasteiger partial charge in [-0.2, -0.15) is 0 Å². The van der Waals surface area contributed by atoms with Crippen LogP contribution in [0, 0.1) is 13.8 Å². The van der Waals surface area contributed by atoms with Crippen molar-refractivity contribution in [2.45, 2.75) is 39.5 Å². The van der Waals surface area contributed by atoms with Crippen LogP contribution in [-0.2, 0) is 4.79 Å². The van der Waals surface area contributed by atoms with Gasteiger partial charge in [-0.1, -0.05) is 60.8 Å². The van der Waals surface area contributed by atoms with Gasteiger partial charge in [0.25, 0.3) is 0 Å². The summed E-state index contributed by atoms with van der Waals surface area (Å²) in [6.45, 7) is 7.62. The molecule has 0 fully saturated rings. The number of aromatic nitrogens is 2. The minimum atomic E-state index is -0.332. The summed E-state index contributed by atoms with van der Waals surface area (Å²) in [5.74, 6) is -0.409. The number of rotatable bonds is 12. The van der Waals surface area contributed by atoms with E-state index < -0.39 is 0 Å². The number of nitrogen functional groups attached to an aromatic ring is 2. The molecule has 244 valence electrons. The van der Waals surface area contributed by atoms with Crippen LogP contribution in [0.3, 0.4) is 0 Å². The number of carbonyl (C=O) groups is 3. The van der Waals surface area contributed by atoms with E-state index in [4.69, 9.17) is 11.5 Å². The molecule has 0 aliphatic heterocycles. The second-order valence-electron chi connectivity index (χ2n) is 11.3. The average Bonchev–Trinajstić information content (AvgIpc) is 3.88. The molecule has 6 N–H and O–H groups in total. The fourth-order valence-electron chi connectivity index (χ4n) is 5.17. The highest BCUT2D eigenvalue weighted by Crippen LogP contribution is 2.34. The summed E-state index contributed by atoms with van der Waals surface area (Å²) in [6, 6.07) is 19.0. The Labute approximate surface area is 293 Å². The average molecular weight is 713 g/mol. The molecule has 0 saturated heterocycles. The maximum Gasteiger partial charge on any atom is 0.217 e. The monoisotopic (exact) mass is 712 g/mol. The molecule has 2 atom stereocenters. The number of aryl methyl sites for hydroxylation is 2. The van der Waals surface area contributed by atoms with E-state index in [1.807, 2.05) is 99.1 Å². The molecule has 6 rings (SSSR count). The predicted octanol–water partition coefficient (Wildman–Crippen LogP) is 8.93. The van der Waals surface area contributed by atoms with Gasteiger partial charge in [-0.05, 0) is 83.3 Å². The van der Waals surface area contributed by atoms with Gasteiger partial charge in [0, 0.05) is 23.2 Å². The van der Waals surface area contributed by atoms with Crippen molar-refractivity contribution < 1.29 is 14.4 Å². The second kappa shape index (κ2) is 13.8. The fraction of sp³-hybridized carbons (Fsp3) is 0.171. The minimum Gasteiger partial charge on any atom is -0.382 e. The van der Waals surface area contributed by atoms with Crippen LogP contribution < -0.4 is 22.1 Å². The second-order valence-corrected chi connectivity index (χ2v) is 15.2. The minimum absolute atomic E-state index is 0.0934. The van der Waals surface area contributed by atoms with Gasteiger partial charge in [0.1, 0.15) is 27.2 Å². The highest BCUT2D eigenvalue weighted by Gasteiger charge is 2.24. The molecule has 0 amide bonds. The standard InChI is InChI=1S/C35H32N6O3S4/c1-17-13-15-45-28(17)26(43)30-32(36)40-34(47-30)38-23-9-5-21(6-10-23)19(3)25(42)20(4)22-7-11-24(12-8-22)39-35-41-33(37)31(48-35)27(44)29-18(2)14-16-46-29/h5-16,19-20H,36-37H2,1-4H3,(H,38,40)(H,39,41). The molecular weight excluding hydrogens is 681 g/mol. The van der Waals surface area contributed by atoms with Crippen LogP contribution in [0.25, 0.3) is 0 Å². The highest BCUT2D eigenvalue weighted by atomic mass is 32.1. The smallest absolute Gasteiger partial charge is 0.217 e. The van der Waals surface area contributed by atoms with E-state index in [1.165, 1.54) is 45.3 Å². The van der Waals surface area contributed by atoms with Gasteiger partial charge < -0.3 is 22.1 Å². The number of thiazole rings is 2. The lowest BCUT2D eigenvalue weighted by Gasteiger charge is -2.18. The van der Waals surface area contributed by atoms with Gasteiger partial charge in [0.05, 0.1) is 9.75 Å². The first-order valence-corrected chi connectivity index (χ1v) is 18.4. The fourth-order valence-corrected chi connectivity index (χ4v) is 8.75. The predicted molar refractivity (Wildman–Crippen MR) is 199 cm³/mol. The van der Waals surface area contributed by atoms with Crippen LogP contribution in [0.1, 0.15) is 77.0 Å². The molecule has 0 radical (unpaired) electrons. The number of carbonyl (C=O) groups excluding carboxylic acids is 3. The summed E-state index contributed by atoms with van der Waals surface area (Å²) in [4.78, 5) is 50.2. The van der Waals surface area contributed by atoms with Crippen molar-refractivity contribution in [2.24, 2.45) is 0 Å². The van der Waals surface area contributed by atoms with Crippen LogP contribution in [0.15, 0.2) is 71.4 Å². The van der Waals surface area contributed by atoms with Crippen molar-refractivity contribution in [3.63, 3.8) is 0 Å². The molecule has 0 spiro atoms. The topological polar surface area (TPSA) is 153 Å². The molecule has 0 aliphatic rings. The zero-order valence-corrected chi connectivity index (χ0v) is 29.8. The molecule has 0 aliphatic carbocycles. The first-order chi connectivity index (χ1) is 23.0. The number of benzene rings is 2. The first-order valence-electron chi connectivity index (χ1n) is 15.0. The summed E-state index contributed by atoms with van der Waals surface area (Å²) in [7, 11) is 0. The van der Waals surface area contributed by atoms with Gasteiger partial charge in [0.2, 0.25) is 11.6 Å². The largest absolute Gasteiger partial charge is 0.382 e. The SMILES string of the molecule is Cc1ccsc1C(=O)c1sc(Nc2ccc(C(C)C(=O)C(C)c3ccc(Nc4nc(N)c(C(=O)c5sccc5C)s4)cc3)cc2)nc1N. The maximum atomic E-state index is 13.5. The Kier molecular flexibility index (Phi) is 9.56. The number of anilines is 6. The third-order valence-electron chi connectivity index (χ3n) is 8.03. The van der Waals surface area contributed by atoms with E-state index in [0.717, 1.165) is 33.6 Å². The van der Waals surface area contributed by atoms with E-state index in [9.17, 15) is 14.4 Å². The number of ketones is 3. The molecule has 9 nitrogen and oxygen atoms in total. The molecule has 4 heterocycles. The lowest BCUT2D eigenvalue weighted by Crippen LogP contribution is -2.16. The lowest BCUT2D eigenvalue weighted by atomic mass is 9.86. The van der Waals surface area contributed by atoms with E-state index in [-0.39, 0.29) is 40.8 Å². The quantitative estimate of drug-likeness (QED) is 0.0911. The zero-order chi connectivity index (χ0) is 34.1. The molecule has 4 aromatic heterocycles. The highest BCUT2D eigenvalue weighted by molar-refractivity contribution is 7.20. The van der Waals surface area contributed by atoms with E-state index in [2.05, 4.69) is 20.6 Å². The number of nitrogens with zero attached hydrogens (tertiary/aromatic N) is 2. The number of hydrogen-bond acceptors (Lipinski definition) is 13. The summed E-state index contributed by atoms with van der Waals surface area (Å²) in [5.41, 5.74) is 17.3. The normalized spacial score (nSPS) is 12.4. The van der Waals surface area contributed by atoms with Crippen molar-refractivity contribution in [3.8, 4) is 0 Å². The van der Waals surface area contributed by atoms with Crippen molar-refractivity contribution in [1.29, 1.82) is 0 Å². The van der Waals surface area contributed by atoms with Crippen LogP contribution in [0.5, 0.6) is 0 Å². The Bertz CT molecular complexity index is 1980. The number of hydrogen-bond donors (Lipinski definition) is 4. The van der Waals surface area contributed by atoms with Crippen molar-refractivity contribution >= 4 is 96.0 Å². The van der Waals surface area contributed by atoms with Crippen molar-refractivity contribution in [3.05, 3.63) is 113 Å². The van der Waals surface area contributed by atoms with Crippen LogP contribution >= 0.6 is 45.3 Å². The number of nitrogens with one attached hydrogen (secondary N) is 2. The van der Waals surface area contributed by atoms with Crippen LogP contribution in [0.4, 0.5) is 33.3 Å². The summed E-state index contributed by atoms with van der Waals surface area (Å²) >= 11 is 5.22. The summed E-state index contributed by atoms with van der Waals surface area (Å²) < 4.78 is 0. The first kappa shape index (κ1) is 33.2. The van der Waals surface area contributed by atoms with E-state index >= 15 is 0 Å². The molecule has 6 aromatic rings. The van der Waals surface area contributed by atoms with Gasteiger partial charge in [-0.3, -0.25) is 14.4 Å². The molecule has 0 bridgehead atoms. The van der Waals surface area contributed by atoms with E-state index in [1.54, 1.807) is 0 Å². The van der Waals surface area contributed by atoms with Crippen molar-refractivity contribution in [2.75, 3.05) is 22.1 Å². The summed E-state index contributed by atoms with van der Waals surface area (Å²) in [6.07, 6.45) is 0. The van der Waals surface area contributed by atoms with Crippen LogP contribution in [0.2, 0.25) is 0 Å². The molecule has 13 heteroatoms. The molecule has 2 unspecified atom stereocenters. The van der Waals surface area contributed by atoms with Crippen LogP contribution in [-0.4, -0.2) is 27.3 Å². The molecule has 0 saturated carbocycles. The Hall–Kier alpha value is -4.69. The number of Topliss-reactive ketones (excluding diaryl/α,β-unsaturated/α-hetero) is 1. The van der Waals surface area contributed by atoms with Gasteiger partial charge >= 0.3 is 0 Å². The summed E-state index contributed by atoms with van der Waals surface area (Å²) in [5, 5.41) is 11.3. The Morgan fingerprint density at radius 2 is 0.979 bits per heavy atom. The Morgan fingerprint density at radius 3 is 1.31 bits per heavy atom. The van der Waals surface area contributed by atoms with Crippen molar-refractivity contribution in [1.82, 2.24) is 9.97 Å². The van der Waals surface area contributed by atoms with Gasteiger partial charge in [0.15, 0.2) is 10.3 Å². The van der Waals surface area contributed by atoms with E-state index in [0.29, 0.717) is 29.8 Å². The zero-order valence-electron chi connectivity index (χ0n) is 26.5. The number of nitrogens with two attached hydrogens (primary N) is 2. The molecule has 2 aromatic carbocycles. The molecule has 48 heavy (non-hydrogen) atoms.